The van der Waals surface area contributed by atoms with Crippen LogP contribution in [0.3, 0.4) is 0 Å². The Morgan fingerprint density at radius 1 is 1.30 bits per heavy atom. The summed E-state index contributed by atoms with van der Waals surface area (Å²) >= 11 is 0.668. The quantitative estimate of drug-likeness (QED) is 0.567. The van der Waals surface area contributed by atoms with E-state index in [1.54, 1.807) is 18.2 Å². The lowest BCUT2D eigenvalue weighted by Crippen LogP contribution is -2.46. The van der Waals surface area contributed by atoms with Gasteiger partial charge in [-0.2, -0.15) is 13.2 Å². The van der Waals surface area contributed by atoms with Crippen molar-refractivity contribution in [3.05, 3.63) is 52.4 Å². The molecule has 1 unspecified atom stereocenters. The fourth-order valence-corrected chi connectivity index (χ4v) is 3.84. The molecule has 0 aliphatic rings. The molecule has 0 aliphatic heterocycles. The van der Waals surface area contributed by atoms with E-state index in [9.17, 15) is 27.9 Å². The van der Waals surface area contributed by atoms with Crippen LogP contribution in [-0.2, 0) is 21.7 Å². The topological polar surface area (TPSA) is 102 Å². The smallest absolute Gasteiger partial charge is 0.424 e. The van der Waals surface area contributed by atoms with Gasteiger partial charge in [-0.05, 0) is 25.1 Å². The predicted molar refractivity (Wildman–Crippen MR) is 101 cm³/mol. The predicted octanol–water partition coefficient (Wildman–Crippen LogP) is 3.44. The molecule has 0 radical (unpaired) electrons. The zero-order valence-corrected chi connectivity index (χ0v) is 16.7. The molecule has 3 aromatic rings. The number of hydrogen-bond donors (Lipinski definition) is 2. The molecule has 0 saturated carbocycles. The third-order valence-electron chi connectivity index (χ3n) is 4.37. The molecule has 0 spiro atoms. The summed E-state index contributed by atoms with van der Waals surface area (Å²) < 4.78 is 51.4. The number of methoxy groups -OCH3 is 1. The molecule has 3 rings (SSSR count). The Morgan fingerprint density at radius 3 is 2.63 bits per heavy atom. The molecule has 30 heavy (non-hydrogen) atoms. The first-order valence-corrected chi connectivity index (χ1v) is 9.46. The van der Waals surface area contributed by atoms with Gasteiger partial charge in [-0.1, -0.05) is 12.1 Å². The van der Waals surface area contributed by atoms with Crippen LogP contribution in [0.5, 0.6) is 0 Å². The van der Waals surface area contributed by atoms with Gasteiger partial charge >= 0.3 is 12.1 Å². The number of aliphatic hydroxyl groups is 1. The molecule has 1 amide bonds. The van der Waals surface area contributed by atoms with Gasteiger partial charge in [0.05, 0.1) is 30.3 Å². The lowest BCUT2D eigenvalue weighted by molar-refractivity contribution is -0.267. The second-order valence-corrected chi connectivity index (χ2v) is 7.50. The van der Waals surface area contributed by atoms with Crippen LogP contribution in [0.1, 0.15) is 33.3 Å². The van der Waals surface area contributed by atoms with Crippen molar-refractivity contribution in [2.24, 2.45) is 0 Å². The number of esters is 1. The van der Waals surface area contributed by atoms with Crippen molar-refractivity contribution >= 4 is 33.4 Å². The normalized spacial score (nSPS) is 13.8. The van der Waals surface area contributed by atoms with Gasteiger partial charge < -0.3 is 19.6 Å². The van der Waals surface area contributed by atoms with E-state index in [1.807, 2.05) is 0 Å². The van der Waals surface area contributed by atoms with E-state index < -0.39 is 35.1 Å². The van der Waals surface area contributed by atoms with Crippen molar-refractivity contribution in [3.8, 4) is 0 Å². The number of fused-ring (bicyclic) bond motifs is 1. The summed E-state index contributed by atoms with van der Waals surface area (Å²) in [4.78, 5) is 27.7. The molecule has 0 fully saturated rings. The highest BCUT2D eigenvalue weighted by Crippen LogP contribution is 2.44. The monoisotopic (exact) mass is 442 g/mol. The van der Waals surface area contributed by atoms with Crippen molar-refractivity contribution in [3.63, 3.8) is 0 Å². The molecule has 1 aromatic carbocycles. The first-order chi connectivity index (χ1) is 14.0. The van der Waals surface area contributed by atoms with Crippen LogP contribution in [0.25, 0.3) is 10.2 Å². The number of nitrogens with one attached hydrogen (secondary N) is 1. The summed E-state index contributed by atoms with van der Waals surface area (Å²) in [5, 5.41) is 12.1. The number of aryl methyl sites for hydroxylation is 1. The second kappa shape index (κ2) is 8.07. The van der Waals surface area contributed by atoms with Gasteiger partial charge in [0.15, 0.2) is 0 Å². The fourth-order valence-electron chi connectivity index (χ4n) is 2.77. The molecule has 2 N–H and O–H groups in total. The SMILES string of the molecule is COC(=O)c1cc(CNC(=O)CC(O)(c2nc3ccccc3s2)C(F)(F)F)oc1C. The number of ether oxygens (including phenoxy) is 1. The largest absolute Gasteiger partial charge is 0.465 e. The molecule has 2 heterocycles. The third-order valence-corrected chi connectivity index (χ3v) is 5.55. The number of carbonyl (C=O) groups excluding carboxylic acids is 2. The zero-order valence-electron chi connectivity index (χ0n) is 15.9. The standard InChI is InChI=1S/C19H17F3N2O5S/c1-10-12(16(26)28-2)7-11(29-10)9-23-15(25)8-18(27,19(20,21)22)17-24-13-5-3-4-6-14(13)30-17/h3-7,27H,8-9H2,1-2H3,(H,23,25). The van der Waals surface area contributed by atoms with E-state index in [0.717, 1.165) is 0 Å². The number of aromatic nitrogens is 1. The van der Waals surface area contributed by atoms with Gasteiger partial charge in [-0.25, -0.2) is 9.78 Å². The highest BCUT2D eigenvalue weighted by Gasteiger charge is 2.58. The van der Waals surface area contributed by atoms with Gasteiger partial charge in [-0.15, -0.1) is 11.3 Å². The summed E-state index contributed by atoms with van der Waals surface area (Å²) in [6, 6.07) is 7.66. The van der Waals surface area contributed by atoms with Crippen LogP contribution < -0.4 is 5.32 Å². The van der Waals surface area contributed by atoms with E-state index in [0.29, 0.717) is 21.6 Å². The van der Waals surface area contributed by atoms with Crippen LogP contribution in [0, 0.1) is 6.92 Å². The third kappa shape index (κ3) is 4.17. The Bertz CT molecular complexity index is 1060. The van der Waals surface area contributed by atoms with Crippen LogP contribution >= 0.6 is 11.3 Å². The van der Waals surface area contributed by atoms with Crippen molar-refractivity contribution in [1.29, 1.82) is 0 Å². The van der Waals surface area contributed by atoms with E-state index in [2.05, 4.69) is 15.0 Å². The maximum atomic E-state index is 13.7. The van der Waals surface area contributed by atoms with Crippen molar-refractivity contribution in [1.82, 2.24) is 10.3 Å². The number of rotatable bonds is 6. The molecule has 1 atom stereocenters. The second-order valence-electron chi connectivity index (χ2n) is 6.47. The van der Waals surface area contributed by atoms with Gasteiger partial charge in [0, 0.05) is 0 Å². The number of carbonyl (C=O) groups is 2. The van der Waals surface area contributed by atoms with Crippen LogP contribution in [-0.4, -0.2) is 35.3 Å². The lowest BCUT2D eigenvalue weighted by atomic mass is 9.99. The average Bonchev–Trinajstić information content (AvgIpc) is 3.28. The molecule has 160 valence electrons. The number of amides is 1. The first kappa shape index (κ1) is 21.8. The maximum absolute atomic E-state index is 13.7. The summed E-state index contributed by atoms with van der Waals surface area (Å²) in [6.07, 6.45) is -6.41. The van der Waals surface area contributed by atoms with Gasteiger partial charge in [0.1, 0.15) is 22.1 Å². The van der Waals surface area contributed by atoms with Gasteiger partial charge in [0.25, 0.3) is 0 Å². The minimum Gasteiger partial charge on any atom is -0.465 e. The average molecular weight is 442 g/mol. The molecular weight excluding hydrogens is 425 g/mol. The highest BCUT2D eigenvalue weighted by atomic mass is 32.1. The highest BCUT2D eigenvalue weighted by molar-refractivity contribution is 7.18. The Labute approximate surface area is 172 Å². The van der Waals surface area contributed by atoms with Crippen molar-refractivity contribution in [2.75, 3.05) is 7.11 Å². The minimum atomic E-state index is -5.13. The fraction of sp³-hybridized carbons (Fsp3) is 0.316. The van der Waals surface area contributed by atoms with Crippen LogP contribution in [0.15, 0.2) is 34.7 Å². The Morgan fingerprint density at radius 2 is 2.00 bits per heavy atom. The van der Waals surface area contributed by atoms with E-state index in [4.69, 9.17) is 4.42 Å². The summed E-state index contributed by atoms with van der Waals surface area (Å²) in [5.74, 6) is -1.32. The first-order valence-electron chi connectivity index (χ1n) is 8.64. The number of nitrogens with zero attached hydrogens (tertiary/aromatic N) is 1. The molecule has 0 aliphatic carbocycles. The number of halogens is 3. The number of hydrogen-bond acceptors (Lipinski definition) is 7. The molecule has 0 bridgehead atoms. The van der Waals surface area contributed by atoms with Crippen molar-refractivity contribution in [2.45, 2.75) is 31.7 Å². The molecule has 0 saturated heterocycles. The van der Waals surface area contributed by atoms with E-state index in [-0.39, 0.29) is 23.6 Å². The van der Waals surface area contributed by atoms with E-state index >= 15 is 0 Å². The van der Waals surface area contributed by atoms with E-state index in [1.165, 1.54) is 26.2 Å². The van der Waals surface area contributed by atoms with Crippen LogP contribution in [0.4, 0.5) is 13.2 Å². The number of thiazole rings is 1. The molecular formula is C19H17F3N2O5S. The molecule has 7 nitrogen and oxygen atoms in total. The number of para-hydroxylation sites is 1. The molecule has 11 heteroatoms. The summed E-state index contributed by atoms with van der Waals surface area (Å²) in [7, 11) is 1.19. The molecule has 2 aromatic heterocycles. The number of benzene rings is 1. The zero-order chi connectivity index (χ0) is 22.1. The minimum absolute atomic E-state index is 0.142. The van der Waals surface area contributed by atoms with Crippen LogP contribution in [0.2, 0.25) is 0 Å². The van der Waals surface area contributed by atoms with Gasteiger partial charge in [-0.3, -0.25) is 4.79 Å². The lowest BCUT2D eigenvalue weighted by Gasteiger charge is -2.27. The Hall–Kier alpha value is -2.92. The van der Waals surface area contributed by atoms with Gasteiger partial charge in [0.2, 0.25) is 11.5 Å². The summed E-state index contributed by atoms with van der Waals surface area (Å²) in [6.45, 7) is 1.23. The number of alkyl halides is 3. The maximum Gasteiger partial charge on any atom is 0.424 e. The number of furan rings is 1. The van der Waals surface area contributed by atoms with Crippen molar-refractivity contribution < 1.29 is 37.0 Å². The summed E-state index contributed by atoms with van der Waals surface area (Å²) in [5.41, 5.74) is -3.01. The Balaban J connectivity index is 1.77. The Kier molecular flexibility index (Phi) is 5.86.